The van der Waals surface area contributed by atoms with E-state index in [4.69, 9.17) is 9.47 Å². The van der Waals surface area contributed by atoms with E-state index in [-0.39, 0.29) is 29.3 Å². The molecule has 0 amide bonds. The number of phenols is 3. The number of rotatable bonds is 0. The predicted molar refractivity (Wildman–Crippen MR) is 126 cm³/mol. The van der Waals surface area contributed by atoms with Crippen molar-refractivity contribution in [1.29, 1.82) is 0 Å². The number of hydrogen-bond acceptors (Lipinski definition) is 6. The molecule has 0 fully saturated rings. The van der Waals surface area contributed by atoms with Crippen molar-refractivity contribution in [2.24, 2.45) is 0 Å². The van der Waals surface area contributed by atoms with Crippen molar-refractivity contribution in [3.63, 3.8) is 0 Å². The van der Waals surface area contributed by atoms with Gasteiger partial charge in [-0.1, -0.05) is 36.4 Å². The summed E-state index contributed by atoms with van der Waals surface area (Å²) in [6, 6.07) is 22.3. The van der Waals surface area contributed by atoms with Gasteiger partial charge in [-0.15, -0.1) is 0 Å². The Bertz CT molecular complexity index is 1370. The first-order chi connectivity index (χ1) is 16.5. The summed E-state index contributed by atoms with van der Waals surface area (Å²) >= 11 is 0. The van der Waals surface area contributed by atoms with Crippen molar-refractivity contribution in [3.05, 3.63) is 101 Å². The molecule has 0 aromatic heterocycles. The Labute approximate surface area is 196 Å². The van der Waals surface area contributed by atoms with Crippen molar-refractivity contribution in [2.75, 3.05) is 0 Å². The molecule has 6 heteroatoms. The molecule has 4 aromatic carbocycles. The van der Waals surface area contributed by atoms with Crippen LogP contribution >= 0.6 is 0 Å². The number of phenolic OH excluding ortho intramolecular Hbond substituents is 3. The summed E-state index contributed by atoms with van der Waals surface area (Å²) in [4.78, 5) is 13.0. The lowest BCUT2D eigenvalue weighted by Crippen LogP contribution is -2.04. The average molecular weight is 454 g/mol. The molecule has 3 N–H and O–H groups in total. The van der Waals surface area contributed by atoms with Crippen LogP contribution in [0.15, 0.2) is 78.9 Å². The topological polar surface area (TPSA) is 96.2 Å². The number of para-hydroxylation sites is 1. The standard InChI is InChI=1S/C28H22O6/c29-23-6-2-4-19-10-7-17-8-11-21(12-9-17)33-26-16-20(15-25(31)27(26)32)24(30)14-18-3-1-5-22(13-18)34-28(19)23/h1-6,8-9,11-13,15-16,29,31-32H,7,10,14H2. The van der Waals surface area contributed by atoms with Crippen molar-refractivity contribution in [1.82, 2.24) is 0 Å². The van der Waals surface area contributed by atoms with Crippen LogP contribution in [-0.4, -0.2) is 21.1 Å². The fraction of sp³-hybridized carbons (Fsp3) is 0.107. The molecular weight excluding hydrogens is 432 g/mol. The molecule has 6 rings (SSSR count). The van der Waals surface area contributed by atoms with Gasteiger partial charge in [-0.25, -0.2) is 0 Å². The van der Waals surface area contributed by atoms with E-state index in [1.54, 1.807) is 48.5 Å². The normalized spacial score (nSPS) is 13.2. The highest BCUT2D eigenvalue weighted by atomic mass is 16.5. The predicted octanol–water partition coefficient (Wildman–Crippen LogP) is 5.91. The van der Waals surface area contributed by atoms with Gasteiger partial charge in [-0.3, -0.25) is 4.79 Å². The van der Waals surface area contributed by atoms with Crippen LogP contribution in [-0.2, 0) is 19.3 Å². The third-order valence-corrected chi connectivity index (χ3v) is 5.77. The number of ketones is 1. The Kier molecular flexibility index (Phi) is 5.55. The molecular formula is C28H22O6. The van der Waals surface area contributed by atoms with E-state index in [9.17, 15) is 20.1 Å². The zero-order chi connectivity index (χ0) is 23.7. The summed E-state index contributed by atoms with van der Waals surface area (Å²) < 4.78 is 11.8. The Morgan fingerprint density at radius 3 is 2.29 bits per heavy atom. The van der Waals surface area contributed by atoms with Crippen LogP contribution in [0.25, 0.3) is 0 Å². The number of fused-ring (bicyclic) bond motifs is 4. The second kappa shape index (κ2) is 8.83. The van der Waals surface area contributed by atoms with Gasteiger partial charge in [-0.05, 0) is 72.0 Å². The molecule has 0 aliphatic carbocycles. The van der Waals surface area contributed by atoms with Gasteiger partial charge in [-0.2, -0.15) is 0 Å². The van der Waals surface area contributed by atoms with Gasteiger partial charge < -0.3 is 24.8 Å². The largest absolute Gasteiger partial charge is 0.504 e. The molecule has 2 heterocycles. The van der Waals surface area contributed by atoms with Gasteiger partial charge in [0.15, 0.2) is 28.8 Å². The smallest absolute Gasteiger partial charge is 0.201 e. The van der Waals surface area contributed by atoms with Gasteiger partial charge in [0.2, 0.25) is 5.75 Å². The quantitative estimate of drug-likeness (QED) is 0.286. The zero-order valence-electron chi connectivity index (χ0n) is 18.2. The zero-order valence-corrected chi connectivity index (χ0v) is 18.2. The molecule has 4 aromatic rings. The third kappa shape index (κ3) is 4.38. The van der Waals surface area contributed by atoms with Crippen LogP contribution in [0.4, 0.5) is 0 Å². The van der Waals surface area contributed by atoms with Gasteiger partial charge in [0.25, 0.3) is 0 Å². The van der Waals surface area contributed by atoms with Crippen LogP contribution in [0.3, 0.4) is 0 Å². The lowest BCUT2D eigenvalue weighted by atomic mass is 10.0. The van der Waals surface area contributed by atoms with E-state index in [1.165, 1.54) is 12.1 Å². The highest BCUT2D eigenvalue weighted by molar-refractivity contribution is 5.98. The van der Waals surface area contributed by atoms with Crippen molar-refractivity contribution in [2.45, 2.75) is 19.3 Å². The first-order valence-corrected chi connectivity index (χ1v) is 10.9. The Hall–Kier alpha value is -4.45. The lowest BCUT2D eigenvalue weighted by Gasteiger charge is -2.15. The molecule has 0 spiro atoms. The second-order valence-electron chi connectivity index (χ2n) is 8.20. The van der Waals surface area contributed by atoms with E-state index < -0.39 is 11.5 Å². The number of carbonyl (C=O) groups excluding carboxylic acids is 1. The minimum Gasteiger partial charge on any atom is -0.504 e. The van der Waals surface area contributed by atoms with Gasteiger partial charge >= 0.3 is 0 Å². The van der Waals surface area contributed by atoms with Crippen LogP contribution in [0.5, 0.6) is 40.2 Å². The highest BCUT2D eigenvalue weighted by Gasteiger charge is 2.18. The number of aryl methyl sites for hydroxylation is 2. The number of benzene rings is 4. The van der Waals surface area contributed by atoms with Crippen molar-refractivity contribution >= 4 is 5.78 Å². The molecule has 2 aliphatic rings. The molecule has 0 atom stereocenters. The molecule has 0 saturated heterocycles. The minimum atomic E-state index is -0.434. The number of hydrogen-bond donors (Lipinski definition) is 3. The number of Topliss-reactive ketones (excluding diaryl/α,β-unsaturated/α-hetero) is 1. The summed E-state index contributed by atoms with van der Waals surface area (Å²) in [5.41, 5.74) is 2.81. The molecule has 34 heavy (non-hydrogen) atoms. The molecule has 0 saturated carbocycles. The van der Waals surface area contributed by atoms with Crippen LogP contribution < -0.4 is 9.47 Å². The molecule has 6 nitrogen and oxygen atoms in total. The SMILES string of the molecule is O=C1Cc2cccc(c2)Oc2c(O)cccc2CCc2ccc(cc2)Oc2cc1cc(O)c2O. The maximum Gasteiger partial charge on any atom is 0.201 e. The Morgan fingerprint density at radius 2 is 1.47 bits per heavy atom. The molecule has 0 radical (unpaired) electrons. The first kappa shape index (κ1) is 21.4. The second-order valence-corrected chi connectivity index (χ2v) is 8.20. The minimum absolute atomic E-state index is 0.00120. The van der Waals surface area contributed by atoms with Gasteiger partial charge in [0, 0.05) is 12.0 Å². The third-order valence-electron chi connectivity index (χ3n) is 5.77. The van der Waals surface area contributed by atoms with Crippen molar-refractivity contribution < 1.29 is 29.6 Å². The fourth-order valence-corrected chi connectivity index (χ4v) is 3.97. The van der Waals surface area contributed by atoms with Crippen molar-refractivity contribution in [3.8, 4) is 40.2 Å². The van der Waals surface area contributed by atoms with Crippen LogP contribution in [0, 0.1) is 0 Å². The molecule has 170 valence electrons. The molecule has 6 bridgehead atoms. The number of aromatic hydroxyl groups is 3. The van der Waals surface area contributed by atoms with E-state index in [0.717, 1.165) is 11.1 Å². The summed E-state index contributed by atoms with van der Waals surface area (Å²) in [6.07, 6.45) is 1.39. The van der Waals surface area contributed by atoms with Crippen LogP contribution in [0.1, 0.15) is 27.0 Å². The molecule has 2 aliphatic heterocycles. The monoisotopic (exact) mass is 454 g/mol. The summed E-state index contributed by atoms with van der Waals surface area (Å²) in [5.74, 6) is 0.257. The van der Waals surface area contributed by atoms with Gasteiger partial charge in [0.1, 0.15) is 11.5 Å². The summed E-state index contributed by atoms with van der Waals surface area (Å²) in [5, 5.41) is 30.9. The van der Waals surface area contributed by atoms with E-state index in [2.05, 4.69) is 0 Å². The number of carbonyl (C=O) groups is 1. The average Bonchev–Trinajstić information content (AvgIpc) is 2.83. The van der Waals surface area contributed by atoms with E-state index >= 15 is 0 Å². The number of ether oxygens (including phenoxy) is 2. The maximum absolute atomic E-state index is 13.0. The first-order valence-electron chi connectivity index (χ1n) is 10.9. The maximum atomic E-state index is 13.0. The lowest BCUT2D eigenvalue weighted by molar-refractivity contribution is 0.0992. The Morgan fingerprint density at radius 1 is 0.676 bits per heavy atom. The Balaban J connectivity index is 1.59. The molecule has 0 unspecified atom stereocenters. The van der Waals surface area contributed by atoms with E-state index in [0.29, 0.717) is 35.7 Å². The summed E-state index contributed by atoms with van der Waals surface area (Å²) in [6.45, 7) is 0. The highest BCUT2D eigenvalue weighted by Crippen LogP contribution is 2.40. The van der Waals surface area contributed by atoms with Crippen LogP contribution in [0.2, 0.25) is 0 Å². The fourth-order valence-electron chi connectivity index (χ4n) is 3.97. The van der Waals surface area contributed by atoms with Gasteiger partial charge in [0.05, 0.1) is 0 Å². The summed E-state index contributed by atoms with van der Waals surface area (Å²) in [7, 11) is 0. The van der Waals surface area contributed by atoms with E-state index in [1.807, 2.05) is 18.2 Å².